The minimum Gasteiger partial charge on any atom is -0.485 e. The molecular formula is C4H5N3OS. The highest BCUT2D eigenvalue weighted by Gasteiger charge is 1.87. The van der Waals surface area contributed by atoms with Crippen LogP contribution in [0, 0.1) is 0 Å². The third kappa shape index (κ3) is 1.69. The monoisotopic (exact) mass is 143 g/mol. The summed E-state index contributed by atoms with van der Waals surface area (Å²) in [7, 11) is 0. The minimum absolute atomic E-state index is 0.293. The van der Waals surface area contributed by atoms with Crippen LogP contribution in [0.4, 0.5) is 0 Å². The Kier molecular flexibility index (Phi) is 1.64. The minimum atomic E-state index is -0.293. The maximum atomic E-state index is 8.48. The first-order valence-electron chi connectivity index (χ1n) is 2.28. The molecule has 5 heteroatoms. The van der Waals surface area contributed by atoms with Crippen molar-refractivity contribution in [3.8, 4) is 0 Å². The van der Waals surface area contributed by atoms with Crippen molar-refractivity contribution in [1.82, 2.24) is 9.89 Å². The molecule has 1 aromatic rings. The van der Waals surface area contributed by atoms with E-state index in [0.29, 0.717) is 0 Å². The van der Waals surface area contributed by atoms with E-state index in [4.69, 9.17) is 5.11 Å². The number of aliphatic hydroxyl groups excluding tert-OH is 1. The van der Waals surface area contributed by atoms with Crippen molar-refractivity contribution in [3.05, 3.63) is 18.5 Å². The van der Waals surface area contributed by atoms with Gasteiger partial charge in [-0.2, -0.15) is 9.89 Å². The molecular weight excluding hydrogens is 138 g/mol. The molecule has 9 heavy (non-hydrogen) atoms. The molecule has 0 saturated heterocycles. The Labute approximate surface area is 57.1 Å². The fraction of sp³-hybridized carbons (Fsp3) is 0. The van der Waals surface area contributed by atoms with E-state index in [2.05, 4.69) is 22.7 Å². The van der Waals surface area contributed by atoms with Crippen LogP contribution in [0.5, 0.6) is 0 Å². The van der Waals surface area contributed by atoms with Crippen LogP contribution < -0.4 is 5.43 Å². The van der Waals surface area contributed by atoms with Gasteiger partial charge in [0.15, 0.2) is 0 Å². The Balaban J connectivity index is 2.58. The van der Waals surface area contributed by atoms with Crippen molar-refractivity contribution < 1.29 is 5.11 Å². The van der Waals surface area contributed by atoms with Crippen LogP contribution in [0.25, 0.3) is 0 Å². The molecule has 0 aromatic carbocycles. The first kappa shape index (κ1) is 6.03. The van der Waals surface area contributed by atoms with E-state index in [1.807, 2.05) is 0 Å². The van der Waals surface area contributed by atoms with E-state index < -0.39 is 0 Å². The Bertz CT molecular complexity index is 196. The van der Waals surface area contributed by atoms with Crippen molar-refractivity contribution in [2.24, 2.45) is 0 Å². The molecule has 1 rings (SSSR count). The number of aliphatic hydroxyl groups is 1. The van der Waals surface area contributed by atoms with Gasteiger partial charge in [-0.15, -0.1) is 0 Å². The van der Waals surface area contributed by atoms with Gasteiger partial charge in [0.05, 0.1) is 6.20 Å². The molecule has 0 amide bonds. The molecule has 0 atom stereocenters. The second-order valence-corrected chi connectivity index (χ2v) is 1.75. The van der Waals surface area contributed by atoms with Crippen LogP contribution in [0.15, 0.2) is 18.5 Å². The highest BCUT2D eigenvalue weighted by atomic mass is 32.1. The maximum Gasteiger partial charge on any atom is 0.275 e. The van der Waals surface area contributed by atoms with E-state index in [-0.39, 0.29) is 5.17 Å². The van der Waals surface area contributed by atoms with Crippen LogP contribution in [0.2, 0.25) is 0 Å². The van der Waals surface area contributed by atoms with Gasteiger partial charge in [0.25, 0.3) is 5.17 Å². The van der Waals surface area contributed by atoms with E-state index in [0.717, 1.165) is 0 Å². The molecule has 1 heterocycles. The number of hydrogen-bond donors (Lipinski definition) is 2. The third-order valence-electron chi connectivity index (χ3n) is 0.715. The lowest BCUT2D eigenvalue weighted by atomic mass is 10.8. The van der Waals surface area contributed by atoms with Crippen LogP contribution >= 0.6 is 12.2 Å². The molecule has 0 aliphatic heterocycles. The molecule has 0 radical (unpaired) electrons. The summed E-state index contributed by atoms with van der Waals surface area (Å²) in [6.07, 6.45) is 3.20. The predicted octanol–water partition coefficient (Wildman–Crippen LogP) is 0.270. The van der Waals surface area contributed by atoms with E-state index in [9.17, 15) is 0 Å². The summed E-state index contributed by atoms with van der Waals surface area (Å²) in [5, 5.41) is 11.9. The molecule has 0 bridgehead atoms. The van der Waals surface area contributed by atoms with Gasteiger partial charge < -0.3 is 5.11 Å². The molecule has 1 aromatic heterocycles. The van der Waals surface area contributed by atoms with Crippen molar-refractivity contribution in [2.75, 3.05) is 5.43 Å². The Hall–Kier alpha value is -1.10. The van der Waals surface area contributed by atoms with Gasteiger partial charge in [-0.1, -0.05) is 0 Å². The number of nitrogens with zero attached hydrogens (tertiary/aromatic N) is 2. The first-order chi connectivity index (χ1) is 4.29. The van der Waals surface area contributed by atoms with Crippen molar-refractivity contribution >= 4 is 17.4 Å². The molecule has 0 fully saturated rings. The maximum absolute atomic E-state index is 8.48. The highest BCUT2D eigenvalue weighted by Crippen LogP contribution is 1.77. The number of rotatable bonds is 1. The van der Waals surface area contributed by atoms with Crippen LogP contribution in [0.3, 0.4) is 0 Å². The fourth-order valence-corrected chi connectivity index (χ4v) is 0.526. The zero-order chi connectivity index (χ0) is 6.69. The summed E-state index contributed by atoms with van der Waals surface area (Å²) < 4.78 is 0. The smallest absolute Gasteiger partial charge is 0.275 e. The molecule has 0 spiro atoms. The van der Waals surface area contributed by atoms with Gasteiger partial charge in [0.1, 0.15) is 0 Å². The Morgan fingerprint density at radius 2 is 2.56 bits per heavy atom. The molecule has 2 N–H and O–H groups in total. The van der Waals surface area contributed by atoms with Crippen LogP contribution in [-0.2, 0) is 0 Å². The Morgan fingerprint density at radius 3 is 3.00 bits per heavy atom. The number of hydrogen-bond acceptors (Lipinski definition) is 2. The zero-order valence-corrected chi connectivity index (χ0v) is 5.30. The summed E-state index contributed by atoms with van der Waals surface area (Å²) in [6, 6.07) is 1.71. The summed E-state index contributed by atoms with van der Waals surface area (Å²) in [6.45, 7) is 0. The number of thiocarbonyl (C=S) groups is 1. The summed E-state index contributed by atoms with van der Waals surface area (Å²) in [4.78, 5) is 1.31. The largest absolute Gasteiger partial charge is 0.485 e. The summed E-state index contributed by atoms with van der Waals surface area (Å²) in [5.41, 5.74) is 2.38. The molecule has 0 saturated carbocycles. The molecule has 0 aliphatic rings. The Morgan fingerprint density at radius 1 is 1.78 bits per heavy atom. The van der Waals surface area contributed by atoms with Crippen molar-refractivity contribution in [2.45, 2.75) is 0 Å². The highest BCUT2D eigenvalue weighted by molar-refractivity contribution is 7.80. The van der Waals surface area contributed by atoms with Crippen molar-refractivity contribution in [1.29, 1.82) is 0 Å². The summed E-state index contributed by atoms with van der Waals surface area (Å²) in [5.74, 6) is 0. The zero-order valence-electron chi connectivity index (χ0n) is 4.48. The summed E-state index contributed by atoms with van der Waals surface area (Å²) >= 11 is 4.33. The van der Waals surface area contributed by atoms with Crippen molar-refractivity contribution in [3.63, 3.8) is 0 Å². The quantitative estimate of drug-likeness (QED) is 0.554. The van der Waals surface area contributed by atoms with E-state index in [1.165, 1.54) is 4.79 Å². The molecule has 0 unspecified atom stereocenters. The predicted molar refractivity (Wildman–Crippen MR) is 36.8 cm³/mol. The molecule has 48 valence electrons. The number of aromatic nitrogens is 2. The average Bonchev–Trinajstić information content (AvgIpc) is 2.15. The fourth-order valence-electron chi connectivity index (χ4n) is 0.433. The second-order valence-electron chi connectivity index (χ2n) is 1.37. The van der Waals surface area contributed by atoms with Gasteiger partial charge in [0.2, 0.25) is 0 Å². The second kappa shape index (κ2) is 2.45. The standard InChI is InChI=1S/C4H5N3OS/c8-4(9)6-7-3-1-2-5-7/h1-3H,(H2,6,8,9). The van der Waals surface area contributed by atoms with Gasteiger partial charge in [0, 0.05) is 6.20 Å². The third-order valence-corrected chi connectivity index (χ3v) is 0.806. The normalized spacial score (nSPS) is 8.89. The van der Waals surface area contributed by atoms with E-state index >= 15 is 0 Å². The van der Waals surface area contributed by atoms with Crippen LogP contribution in [0.1, 0.15) is 0 Å². The van der Waals surface area contributed by atoms with Gasteiger partial charge in [-0.25, -0.2) is 5.43 Å². The SMILES string of the molecule is OC(=S)Nn1cccn1. The lowest BCUT2D eigenvalue weighted by Crippen LogP contribution is -2.20. The lowest BCUT2D eigenvalue weighted by molar-refractivity contribution is 0.551. The van der Waals surface area contributed by atoms with Crippen LogP contribution in [-0.4, -0.2) is 20.2 Å². The molecule has 0 aliphatic carbocycles. The van der Waals surface area contributed by atoms with E-state index in [1.54, 1.807) is 18.5 Å². The first-order valence-corrected chi connectivity index (χ1v) is 2.69. The van der Waals surface area contributed by atoms with Gasteiger partial charge >= 0.3 is 0 Å². The lowest BCUT2D eigenvalue weighted by Gasteiger charge is -1.98. The van der Waals surface area contributed by atoms with Gasteiger partial charge in [-0.05, 0) is 18.3 Å². The number of nitrogens with one attached hydrogen (secondary N) is 1. The molecule has 4 nitrogen and oxygen atoms in total. The average molecular weight is 143 g/mol. The van der Waals surface area contributed by atoms with Gasteiger partial charge in [-0.3, -0.25) is 0 Å². The topological polar surface area (TPSA) is 50.1 Å².